The maximum absolute atomic E-state index is 13.6. The molecule has 6 heteroatoms. The third-order valence-corrected chi connectivity index (χ3v) is 6.36. The van der Waals surface area contributed by atoms with Gasteiger partial charge in [0.25, 0.3) is 0 Å². The summed E-state index contributed by atoms with van der Waals surface area (Å²) >= 11 is 1.69. The van der Waals surface area contributed by atoms with Crippen LogP contribution in [0.1, 0.15) is 51.1 Å². The van der Waals surface area contributed by atoms with Crippen molar-refractivity contribution in [2.75, 3.05) is 12.3 Å². The van der Waals surface area contributed by atoms with E-state index in [1.807, 2.05) is 4.90 Å². The molecule has 1 N–H and O–H groups in total. The molecule has 2 unspecified atom stereocenters. The van der Waals surface area contributed by atoms with E-state index < -0.39 is 0 Å². The van der Waals surface area contributed by atoms with E-state index in [-0.39, 0.29) is 42.1 Å². The van der Waals surface area contributed by atoms with Gasteiger partial charge in [0.15, 0.2) is 0 Å². The Morgan fingerprint density at radius 2 is 2.16 bits per heavy atom. The lowest BCUT2D eigenvalue weighted by molar-refractivity contribution is -0.130. The summed E-state index contributed by atoms with van der Waals surface area (Å²) in [5, 5.41) is 3.06. The lowest BCUT2D eigenvalue weighted by atomic mass is 10.0. The summed E-state index contributed by atoms with van der Waals surface area (Å²) in [5.74, 6) is 0.289. The number of rotatable bonds is 5. The molecule has 0 spiro atoms. The van der Waals surface area contributed by atoms with Gasteiger partial charge in [-0.3, -0.25) is 9.59 Å². The Hall–Kier alpha value is -1.56. The second kappa shape index (κ2) is 7.77. The molecule has 1 aromatic rings. The summed E-state index contributed by atoms with van der Waals surface area (Å²) in [4.78, 5) is 27.9. The number of carbonyl (C=O) groups excluding carboxylic acids is 2. The molecule has 25 heavy (non-hydrogen) atoms. The van der Waals surface area contributed by atoms with Crippen LogP contribution < -0.4 is 5.32 Å². The van der Waals surface area contributed by atoms with E-state index in [0.717, 1.165) is 35.5 Å². The van der Waals surface area contributed by atoms with Gasteiger partial charge in [0.05, 0.1) is 12.0 Å². The van der Waals surface area contributed by atoms with E-state index >= 15 is 0 Å². The first kappa shape index (κ1) is 18.2. The zero-order chi connectivity index (χ0) is 18.0. The van der Waals surface area contributed by atoms with Crippen molar-refractivity contribution in [1.82, 2.24) is 10.2 Å². The highest BCUT2D eigenvalue weighted by Crippen LogP contribution is 2.37. The number of fused-ring (bicyclic) bond motifs is 1. The van der Waals surface area contributed by atoms with E-state index in [1.165, 1.54) is 12.1 Å². The Bertz CT molecular complexity index is 663. The smallest absolute Gasteiger partial charge is 0.225 e. The van der Waals surface area contributed by atoms with E-state index in [1.54, 1.807) is 17.8 Å². The molecule has 0 aliphatic carbocycles. The molecular formula is C19H25FN2O2S. The van der Waals surface area contributed by atoms with Crippen molar-refractivity contribution in [3.05, 3.63) is 29.6 Å². The molecular weight excluding hydrogens is 339 g/mol. The molecule has 0 aromatic heterocycles. The summed E-state index contributed by atoms with van der Waals surface area (Å²) < 4.78 is 13.6. The molecule has 0 radical (unpaired) electrons. The van der Waals surface area contributed by atoms with Gasteiger partial charge in [-0.05, 0) is 43.0 Å². The monoisotopic (exact) mass is 364 g/mol. The summed E-state index contributed by atoms with van der Waals surface area (Å²) in [6.07, 6.45) is 2.87. The Labute approximate surface area is 152 Å². The fourth-order valence-corrected chi connectivity index (χ4v) is 4.90. The zero-order valence-electron chi connectivity index (χ0n) is 14.8. The van der Waals surface area contributed by atoms with Gasteiger partial charge in [-0.15, -0.1) is 11.8 Å². The standard InChI is InChI=1S/C19H25FN2O2S/c1-3-14(4-2)22-11-12(9-18(22)23)19(24)21-16-7-8-25-17-6-5-13(20)10-15(16)17/h5-6,10,12,14,16H,3-4,7-9,11H2,1-2H3,(H,21,24). The lowest BCUT2D eigenvalue weighted by Gasteiger charge is -2.28. The van der Waals surface area contributed by atoms with Gasteiger partial charge in [0, 0.05) is 29.7 Å². The van der Waals surface area contributed by atoms with Crippen LogP contribution in [-0.2, 0) is 9.59 Å². The van der Waals surface area contributed by atoms with E-state index in [4.69, 9.17) is 0 Å². The molecule has 0 bridgehead atoms. The minimum atomic E-state index is -0.306. The first-order valence-corrected chi connectivity index (χ1v) is 10.0. The minimum absolute atomic E-state index is 0.0690. The summed E-state index contributed by atoms with van der Waals surface area (Å²) in [6, 6.07) is 4.80. The van der Waals surface area contributed by atoms with Crippen LogP contribution >= 0.6 is 11.8 Å². The zero-order valence-corrected chi connectivity index (χ0v) is 15.6. The number of likely N-dealkylation sites (tertiary alicyclic amines) is 1. The molecule has 1 fully saturated rings. The number of thioether (sulfide) groups is 1. The van der Waals surface area contributed by atoms with Gasteiger partial charge in [0.1, 0.15) is 5.82 Å². The van der Waals surface area contributed by atoms with Gasteiger partial charge in [0.2, 0.25) is 11.8 Å². The maximum atomic E-state index is 13.6. The number of hydrogen-bond acceptors (Lipinski definition) is 3. The molecule has 2 aliphatic rings. The van der Waals surface area contributed by atoms with Gasteiger partial charge in [-0.25, -0.2) is 4.39 Å². The van der Waals surface area contributed by atoms with Crippen molar-refractivity contribution in [3.8, 4) is 0 Å². The molecule has 2 amide bonds. The van der Waals surface area contributed by atoms with Crippen molar-refractivity contribution in [2.24, 2.45) is 5.92 Å². The van der Waals surface area contributed by atoms with Gasteiger partial charge >= 0.3 is 0 Å². The first-order valence-electron chi connectivity index (χ1n) is 9.05. The minimum Gasteiger partial charge on any atom is -0.349 e. The van der Waals surface area contributed by atoms with Crippen LogP contribution in [0.4, 0.5) is 4.39 Å². The van der Waals surface area contributed by atoms with Crippen molar-refractivity contribution in [2.45, 2.75) is 56.5 Å². The number of carbonyl (C=O) groups is 2. The Morgan fingerprint density at radius 3 is 2.88 bits per heavy atom. The fraction of sp³-hybridized carbons (Fsp3) is 0.579. The third-order valence-electron chi connectivity index (χ3n) is 5.24. The summed E-state index contributed by atoms with van der Waals surface area (Å²) in [7, 11) is 0. The Morgan fingerprint density at radius 1 is 1.40 bits per heavy atom. The van der Waals surface area contributed by atoms with Crippen molar-refractivity contribution >= 4 is 23.6 Å². The molecule has 1 aromatic carbocycles. The average Bonchev–Trinajstić information content (AvgIpc) is 2.99. The quantitative estimate of drug-likeness (QED) is 0.870. The highest BCUT2D eigenvalue weighted by atomic mass is 32.2. The number of nitrogens with zero attached hydrogens (tertiary/aromatic N) is 1. The number of halogens is 1. The topological polar surface area (TPSA) is 49.4 Å². The molecule has 2 heterocycles. The van der Waals surface area contributed by atoms with Crippen LogP contribution in [0.2, 0.25) is 0 Å². The summed E-state index contributed by atoms with van der Waals surface area (Å²) in [5.41, 5.74) is 0.853. The highest BCUT2D eigenvalue weighted by Gasteiger charge is 2.37. The van der Waals surface area contributed by atoms with Crippen LogP contribution in [0.15, 0.2) is 23.1 Å². The van der Waals surface area contributed by atoms with Crippen molar-refractivity contribution in [3.63, 3.8) is 0 Å². The molecule has 4 nitrogen and oxygen atoms in total. The SMILES string of the molecule is CCC(CC)N1CC(C(=O)NC2CCSc3ccc(F)cc32)CC1=O. The predicted octanol–water partition coefficient (Wildman–Crippen LogP) is 3.52. The van der Waals surface area contributed by atoms with Gasteiger partial charge < -0.3 is 10.2 Å². The predicted molar refractivity (Wildman–Crippen MR) is 96.8 cm³/mol. The molecule has 2 aliphatic heterocycles. The van der Waals surface area contributed by atoms with Crippen LogP contribution in [0.25, 0.3) is 0 Å². The van der Waals surface area contributed by atoms with Crippen LogP contribution in [0.5, 0.6) is 0 Å². The van der Waals surface area contributed by atoms with Gasteiger partial charge in [-0.2, -0.15) is 0 Å². The van der Waals surface area contributed by atoms with Crippen molar-refractivity contribution in [1.29, 1.82) is 0 Å². The lowest BCUT2D eigenvalue weighted by Crippen LogP contribution is -2.39. The molecule has 3 rings (SSSR count). The maximum Gasteiger partial charge on any atom is 0.225 e. The van der Waals surface area contributed by atoms with Crippen LogP contribution in [0, 0.1) is 11.7 Å². The molecule has 1 saturated heterocycles. The Kier molecular flexibility index (Phi) is 5.67. The highest BCUT2D eigenvalue weighted by molar-refractivity contribution is 7.99. The van der Waals surface area contributed by atoms with Crippen LogP contribution in [-0.4, -0.2) is 35.1 Å². The van der Waals surface area contributed by atoms with Crippen molar-refractivity contribution < 1.29 is 14.0 Å². The summed E-state index contributed by atoms with van der Waals surface area (Å²) in [6.45, 7) is 4.63. The fourth-order valence-electron chi connectivity index (χ4n) is 3.79. The first-order chi connectivity index (χ1) is 12.0. The van der Waals surface area contributed by atoms with E-state index in [2.05, 4.69) is 19.2 Å². The van der Waals surface area contributed by atoms with Gasteiger partial charge in [-0.1, -0.05) is 13.8 Å². The Balaban J connectivity index is 1.68. The molecule has 2 atom stereocenters. The molecule has 0 saturated carbocycles. The number of benzene rings is 1. The number of amides is 2. The van der Waals surface area contributed by atoms with E-state index in [9.17, 15) is 14.0 Å². The van der Waals surface area contributed by atoms with Crippen LogP contribution in [0.3, 0.4) is 0 Å². The second-order valence-electron chi connectivity index (χ2n) is 6.80. The normalized spacial score (nSPS) is 23.0. The molecule has 136 valence electrons. The number of hydrogen-bond donors (Lipinski definition) is 1. The third kappa shape index (κ3) is 3.84. The largest absolute Gasteiger partial charge is 0.349 e. The second-order valence-corrected chi connectivity index (χ2v) is 7.93. The average molecular weight is 364 g/mol. The number of nitrogens with one attached hydrogen (secondary N) is 1. The van der Waals surface area contributed by atoms with E-state index in [0.29, 0.717) is 6.54 Å².